The molecule has 29 heavy (non-hydrogen) atoms. The van der Waals surface area contributed by atoms with Crippen LogP contribution in [-0.2, 0) is 14.8 Å². The van der Waals surface area contributed by atoms with E-state index in [-0.39, 0.29) is 23.0 Å². The summed E-state index contributed by atoms with van der Waals surface area (Å²) in [6.07, 6.45) is 2.87. The van der Waals surface area contributed by atoms with Crippen molar-refractivity contribution in [2.75, 3.05) is 24.5 Å². The van der Waals surface area contributed by atoms with E-state index in [1.165, 1.54) is 25.3 Å². The van der Waals surface area contributed by atoms with Crippen LogP contribution < -0.4 is 14.4 Å². The molecule has 0 aliphatic rings. The number of anilines is 1. The van der Waals surface area contributed by atoms with Crippen LogP contribution in [-0.4, -0.2) is 34.5 Å². The Bertz CT molecular complexity index is 930. The van der Waals surface area contributed by atoms with Crippen LogP contribution in [0.1, 0.15) is 31.7 Å². The number of nitrogens with one attached hydrogen (secondary N) is 1. The Morgan fingerprint density at radius 3 is 2.45 bits per heavy atom. The quantitative estimate of drug-likeness (QED) is 0.565. The molecule has 0 spiro atoms. The van der Waals surface area contributed by atoms with Gasteiger partial charge in [0.15, 0.2) is 0 Å². The number of methoxy groups -OCH3 is 1. The third kappa shape index (κ3) is 6.11. The highest BCUT2D eigenvalue weighted by molar-refractivity contribution is 7.92. The number of hydrogen-bond acceptors (Lipinski definition) is 4. The zero-order chi connectivity index (χ0) is 21.4. The highest BCUT2D eigenvalue weighted by atomic mass is 35.5. The Morgan fingerprint density at radius 1 is 1.14 bits per heavy atom. The molecule has 2 aromatic rings. The Morgan fingerprint density at radius 2 is 1.83 bits per heavy atom. The summed E-state index contributed by atoms with van der Waals surface area (Å²) in [4.78, 5) is 12.6. The molecule has 0 atom stereocenters. The lowest BCUT2D eigenvalue weighted by molar-refractivity contribution is -0.119. The molecular weight excluding hydrogens is 412 g/mol. The average molecular weight is 439 g/mol. The molecular formula is C21H27ClN2O4S. The predicted octanol–water partition coefficient (Wildman–Crippen LogP) is 4.16. The van der Waals surface area contributed by atoms with E-state index in [9.17, 15) is 13.2 Å². The second-order valence-electron chi connectivity index (χ2n) is 6.70. The van der Waals surface area contributed by atoms with Crippen molar-refractivity contribution in [1.29, 1.82) is 0 Å². The molecule has 0 aliphatic heterocycles. The Labute approximate surface area is 177 Å². The van der Waals surface area contributed by atoms with E-state index in [1.54, 1.807) is 24.3 Å². The molecule has 8 heteroatoms. The van der Waals surface area contributed by atoms with Crippen molar-refractivity contribution in [3.05, 3.63) is 53.1 Å². The van der Waals surface area contributed by atoms with Crippen LogP contribution in [0.2, 0.25) is 5.02 Å². The van der Waals surface area contributed by atoms with Gasteiger partial charge in [-0.3, -0.25) is 9.10 Å². The van der Waals surface area contributed by atoms with Gasteiger partial charge in [-0.1, -0.05) is 49.1 Å². The number of amides is 1. The largest absolute Gasteiger partial charge is 0.495 e. The Balaban J connectivity index is 2.42. The molecule has 2 rings (SSSR count). The predicted molar refractivity (Wildman–Crippen MR) is 116 cm³/mol. The van der Waals surface area contributed by atoms with E-state index in [2.05, 4.69) is 12.2 Å². The number of carbonyl (C=O) groups excluding carboxylic acids is 1. The fourth-order valence-electron chi connectivity index (χ4n) is 2.78. The van der Waals surface area contributed by atoms with Gasteiger partial charge in [-0.15, -0.1) is 0 Å². The van der Waals surface area contributed by atoms with Crippen molar-refractivity contribution in [2.24, 2.45) is 0 Å². The van der Waals surface area contributed by atoms with E-state index in [1.807, 2.05) is 6.92 Å². The summed E-state index contributed by atoms with van der Waals surface area (Å²) in [6.45, 7) is 4.07. The van der Waals surface area contributed by atoms with E-state index >= 15 is 0 Å². The first-order valence-corrected chi connectivity index (χ1v) is 11.3. The normalized spacial score (nSPS) is 11.2. The van der Waals surface area contributed by atoms with Gasteiger partial charge in [0.25, 0.3) is 10.0 Å². The van der Waals surface area contributed by atoms with Crippen molar-refractivity contribution in [3.63, 3.8) is 0 Å². The monoisotopic (exact) mass is 438 g/mol. The lowest BCUT2D eigenvalue weighted by Crippen LogP contribution is -2.41. The number of ether oxygens (including phenoxy) is 1. The number of carbonyl (C=O) groups is 1. The number of aryl methyl sites for hydroxylation is 1. The highest BCUT2D eigenvalue weighted by Gasteiger charge is 2.29. The molecule has 0 bridgehead atoms. The molecule has 1 amide bonds. The van der Waals surface area contributed by atoms with Crippen molar-refractivity contribution < 1.29 is 17.9 Å². The summed E-state index contributed by atoms with van der Waals surface area (Å²) in [6, 6.07) is 11.1. The average Bonchev–Trinajstić information content (AvgIpc) is 2.69. The van der Waals surface area contributed by atoms with Crippen LogP contribution in [0.4, 0.5) is 5.69 Å². The smallest absolute Gasteiger partial charge is 0.264 e. The molecule has 2 aromatic carbocycles. The van der Waals surface area contributed by atoms with Gasteiger partial charge in [-0.2, -0.15) is 0 Å². The molecule has 0 saturated carbocycles. The maximum Gasteiger partial charge on any atom is 0.264 e. The third-order valence-electron chi connectivity index (χ3n) is 4.41. The fourth-order valence-corrected chi connectivity index (χ4v) is 4.37. The van der Waals surface area contributed by atoms with Gasteiger partial charge in [0.1, 0.15) is 12.3 Å². The van der Waals surface area contributed by atoms with Crippen molar-refractivity contribution >= 4 is 33.2 Å². The first-order valence-electron chi connectivity index (χ1n) is 9.49. The summed E-state index contributed by atoms with van der Waals surface area (Å²) in [5.74, 6) is -0.0808. The van der Waals surface area contributed by atoms with Gasteiger partial charge in [-0.25, -0.2) is 8.42 Å². The molecule has 0 aromatic heterocycles. The van der Waals surface area contributed by atoms with Gasteiger partial charge in [0.05, 0.1) is 17.7 Å². The lowest BCUT2D eigenvalue weighted by atomic mass is 10.2. The molecule has 0 fully saturated rings. The summed E-state index contributed by atoms with van der Waals surface area (Å²) in [5, 5.41) is 3.12. The minimum Gasteiger partial charge on any atom is -0.495 e. The molecule has 1 N–H and O–H groups in total. The maximum absolute atomic E-state index is 13.4. The molecule has 0 unspecified atom stereocenters. The molecule has 0 heterocycles. The number of nitrogens with zero attached hydrogens (tertiary/aromatic N) is 1. The minimum atomic E-state index is -4.02. The molecule has 0 saturated heterocycles. The van der Waals surface area contributed by atoms with Gasteiger partial charge in [0, 0.05) is 11.6 Å². The maximum atomic E-state index is 13.4. The number of halogens is 1. The standard InChI is InChI=1S/C21H27ClN2O4S/c1-4-5-6-13-23-21(25)15-24(19-14-17(22)9-12-20(19)28-3)29(26,27)18-10-7-16(2)8-11-18/h7-12,14H,4-6,13,15H2,1-3H3,(H,23,25). The molecule has 6 nitrogen and oxygen atoms in total. The second-order valence-corrected chi connectivity index (χ2v) is 9.00. The third-order valence-corrected chi connectivity index (χ3v) is 6.42. The van der Waals surface area contributed by atoms with Crippen molar-refractivity contribution in [3.8, 4) is 5.75 Å². The van der Waals surface area contributed by atoms with Gasteiger partial charge in [0.2, 0.25) is 5.91 Å². The number of benzene rings is 2. The number of unbranched alkanes of at least 4 members (excludes halogenated alkanes) is 2. The molecule has 0 radical (unpaired) electrons. The van der Waals surface area contributed by atoms with Gasteiger partial charge < -0.3 is 10.1 Å². The number of hydrogen-bond donors (Lipinski definition) is 1. The Kier molecular flexibility index (Phi) is 8.34. The van der Waals surface area contributed by atoms with E-state index in [0.717, 1.165) is 29.1 Å². The van der Waals surface area contributed by atoms with Crippen LogP contribution in [0.25, 0.3) is 0 Å². The minimum absolute atomic E-state index is 0.0870. The Hall–Kier alpha value is -2.25. The lowest BCUT2D eigenvalue weighted by Gasteiger charge is -2.26. The molecule has 158 valence electrons. The summed E-state index contributed by atoms with van der Waals surface area (Å²) in [7, 11) is -2.58. The SMILES string of the molecule is CCCCCNC(=O)CN(c1cc(Cl)ccc1OC)S(=O)(=O)c1ccc(C)cc1. The van der Waals surface area contributed by atoms with Crippen LogP contribution >= 0.6 is 11.6 Å². The van der Waals surface area contributed by atoms with Crippen molar-refractivity contribution in [2.45, 2.75) is 38.0 Å². The summed E-state index contributed by atoms with van der Waals surface area (Å²) >= 11 is 6.11. The highest BCUT2D eigenvalue weighted by Crippen LogP contribution is 2.34. The van der Waals surface area contributed by atoms with Gasteiger partial charge >= 0.3 is 0 Å². The summed E-state index contributed by atoms with van der Waals surface area (Å²) in [5.41, 5.74) is 1.15. The number of rotatable bonds is 10. The first kappa shape index (κ1) is 23.0. The van der Waals surface area contributed by atoms with E-state index in [0.29, 0.717) is 17.3 Å². The zero-order valence-corrected chi connectivity index (χ0v) is 18.5. The van der Waals surface area contributed by atoms with Crippen LogP contribution in [0, 0.1) is 6.92 Å². The fraction of sp³-hybridized carbons (Fsp3) is 0.381. The second kappa shape index (κ2) is 10.5. The van der Waals surface area contributed by atoms with Crippen molar-refractivity contribution in [1.82, 2.24) is 5.32 Å². The summed E-state index contributed by atoms with van der Waals surface area (Å²) < 4.78 is 33.1. The van der Waals surface area contributed by atoms with Crippen LogP contribution in [0.3, 0.4) is 0 Å². The van der Waals surface area contributed by atoms with E-state index in [4.69, 9.17) is 16.3 Å². The van der Waals surface area contributed by atoms with E-state index < -0.39 is 10.0 Å². The van der Waals surface area contributed by atoms with Crippen LogP contribution in [0.15, 0.2) is 47.4 Å². The zero-order valence-electron chi connectivity index (χ0n) is 16.9. The number of sulfonamides is 1. The van der Waals surface area contributed by atoms with Crippen LogP contribution in [0.5, 0.6) is 5.75 Å². The molecule has 0 aliphatic carbocycles. The topological polar surface area (TPSA) is 75.7 Å². The first-order chi connectivity index (χ1) is 13.8. The van der Waals surface area contributed by atoms with Gasteiger partial charge in [-0.05, 0) is 43.7 Å².